The summed E-state index contributed by atoms with van der Waals surface area (Å²) in [4.78, 5) is 12.3. The first-order chi connectivity index (χ1) is 12.9. The molecule has 0 fully saturated rings. The van der Waals surface area contributed by atoms with Crippen molar-refractivity contribution >= 4 is 15.9 Å². The summed E-state index contributed by atoms with van der Waals surface area (Å²) in [5, 5.41) is 2.87. The molecule has 0 radical (unpaired) electrons. The van der Waals surface area contributed by atoms with Gasteiger partial charge in [-0.25, -0.2) is 8.42 Å². The van der Waals surface area contributed by atoms with Crippen molar-refractivity contribution in [2.75, 3.05) is 19.7 Å². The highest BCUT2D eigenvalue weighted by molar-refractivity contribution is 7.89. The van der Waals surface area contributed by atoms with Crippen molar-refractivity contribution in [3.63, 3.8) is 0 Å². The van der Waals surface area contributed by atoms with Gasteiger partial charge in [0.25, 0.3) is 5.91 Å². The summed E-state index contributed by atoms with van der Waals surface area (Å²) in [5.74, 6) is 0.196. The molecule has 1 N–H and O–H groups in total. The molecule has 0 heterocycles. The molecule has 1 amide bonds. The third kappa shape index (κ3) is 5.55. The van der Waals surface area contributed by atoms with Crippen molar-refractivity contribution in [2.45, 2.75) is 31.7 Å². The van der Waals surface area contributed by atoms with Gasteiger partial charge in [0.1, 0.15) is 5.75 Å². The van der Waals surface area contributed by atoms with E-state index in [2.05, 4.69) is 5.32 Å². The van der Waals surface area contributed by atoms with E-state index in [9.17, 15) is 13.2 Å². The van der Waals surface area contributed by atoms with Crippen molar-refractivity contribution in [1.29, 1.82) is 0 Å². The predicted octanol–water partition coefficient (Wildman–Crippen LogP) is 2.97. The Labute approximate surface area is 161 Å². The van der Waals surface area contributed by atoms with Gasteiger partial charge in [0.2, 0.25) is 10.0 Å². The molecule has 0 unspecified atom stereocenters. The van der Waals surface area contributed by atoms with Crippen LogP contribution in [0.2, 0.25) is 0 Å². The molecule has 27 heavy (non-hydrogen) atoms. The number of nitrogens with zero attached hydrogens (tertiary/aromatic N) is 1. The lowest BCUT2D eigenvalue weighted by atomic mass is 10.1. The summed E-state index contributed by atoms with van der Waals surface area (Å²) in [6, 6.07) is 15.6. The molecule has 0 saturated heterocycles. The van der Waals surface area contributed by atoms with Crippen LogP contribution in [-0.4, -0.2) is 38.3 Å². The highest BCUT2D eigenvalue weighted by Gasteiger charge is 2.21. The highest BCUT2D eigenvalue weighted by atomic mass is 32.2. The third-order valence-electron chi connectivity index (χ3n) is 4.21. The molecule has 0 spiro atoms. The van der Waals surface area contributed by atoms with Crippen LogP contribution < -0.4 is 10.1 Å². The number of benzene rings is 2. The summed E-state index contributed by atoms with van der Waals surface area (Å²) >= 11 is 0. The fourth-order valence-corrected chi connectivity index (χ4v) is 4.14. The maximum atomic E-state index is 12.4. The molecule has 1 atom stereocenters. The van der Waals surface area contributed by atoms with Gasteiger partial charge in [-0.15, -0.1) is 0 Å². The summed E-state index contributed by atoms with van der Waals surface area (Å²) in [6.07, 6.45) is 0. The average molecular weight is 391 g/mol. The van der Waals surface area contributed by atoms with Crippen LogP contribution in [0.25, 0.3) is 0 Å². The Bertz CT molecular complexity index is 832. The second-order valence-electron chi connectivity index (χ2n) is 6.05. The zero-order valence-electron chi connectivity index (χ0n) is 15.9. The number of hydrogen-bond acceptors (Lipinski definition) is 4. The molecule has 0 aliphatic carbocycles. The highest BCUT2D eigenvalue weighted by Crippen LogP contribution is 2.19. The molecule has 0 aliphatic heterocycles. The van der Waals surface area contributed by atoms with E-state index < -0.39 is 10.0 Å². The minimum absolute atomic E-state index is 0.121. The van der Waals surface area contributed by atoms with E-state index in [1.807, 2.05) is 37.3 Å². The molecular weight excluding hydrogens is 364 g/mol. The van der Waals surface area contributed by atoms with Crippen LogP contribution in [0.5, 0.6) is 5.75 Å². The average Bonchev–Trinajstić information content (AvgIpc) is 2.68. The maximum Gasteiger partial charge on any atom is 0.258 e. The van der Waals surface area contributed by atoms with Gasteiger partial charge in [-0.05, 0) is 36.8 Å². The van der Waals surface area contributed by atoms with Crippen molar-refractivity contribution in [2.24, 2.45) is 0 Å². The number of rotatable bonds is 9. The first-order valence-corrected chi connectivity index (χ1v) is 10.4. The predicted molar refractivity (Wildman–Crippen MR) is 105 cm³/mol. The fraction of sp³-hybridized carbons (Fsp3) is 0.350. The maximum absolute atomic E-state index is 12.4. The zero-order valence-corrected chi connectivity index (χ0v) is 16.7. The Morgan fingerprint density at radius 2 is 1.63 bits per heavy atom. The van der Waals surface area contributed by atoms with Crippen molar-refractivity contribution in [3.8, 4) is 5.75 Å². The van der Waals surface area contributed by atoms with Crippen LogP contribution in [-0.2, 0) is 14.8 Å². The SMILES string of the molecule is CCN(CC)S(=O)(=O)c1ccc(OCC(=O)N[C@@H](C)c2ccccc2)cc1. The molecule has 2 rings (SSSR count). The van der Waals surface area contributed by atoms with Gasteiger partial charge in [-0.3, -0.25) is 4.79 Å². The van der Waals surface area contributed by atoms with Crippen molar-refractivity contribution in [1.82, 2.24) is 9.62 Å². The summed E-state index contributed by atoms with van der Waals surface area (Å²) in [6.45, 7) is 6.19. The quantitative estimate of drug-likeness (QED) is 0.714. The summed E-state index contributed by atoms with van der Waals surface area (Å²) in [5.41, 5.74) is 1.01. The monoisotopic (exact) mass is 390 g/mol. The lowest BCUT2D eigenvalue weighted by Crippen LogP contribution is -2.31. The molecule has 0 saturated carbocycles. The van der Waals surface area contributed by atoms with Gasteiger partial charge in [0.15, 0.2) is 6.61 Å². The van der Waals surface area contributed by atoms with Gasteiger partial charge in [-0.1, -0.05) is 44.2 Å². The van der Waals surface area contributed by atoms with E-state index in [-0.39, 0.29) is 23.5 Å². The summed E-state index contributed by atoms with van der Waals surface area (Å²) < 4.78 is 31.8. The Morgan fingerprint density at radius 1 is 1.04 bits per heavy atom. The van der Waals surface area contributed by atoms with Gasteiger partial charge >= 0.3 is 0 Å². The molecule has 6 nitrogen and oxygen atoms in total. The van der Waals surface area contributed by atoms with Crippen LogP contribution >= 0.6 is 0 Å². The standard InChI is InChI=1S/C20H26N2O4S/c1-4-22(5-2)27(24,25)19-13-11-18(12-14-19)26-15-20(23)21-16(3)17-9-7-6-8-10-17/h6-14,16H,4-5,15H2,1-3H3,(H,21,23)/t16-/m0/s1. The molecular formula is C20H26N2O4S. The molecule has 2 aromatic rings. The van der Waals surface area contributed by atoms with E-state index in [0.717, 1.165) is 5.56 Å². The Hall–Kier alpha value is -2.38. The Kier molecular flexibility index (Phi) is 7.38. The molecule has 0 aromatic heterocycles. The van der Waals surface area contributed by atoms with E-state index in [1.165, 1.54) is 16.4 Å². The van der Waals surface area contributed by atoms with Crippen molar-refractivity contribution in [3.05, 3.63) is 60.2 Å². The van der Waals surface area contributed by atoms with E-state index in [0.29, 0.717) is 18.8 Å². The number of carbonyl (C=O) groups is 1. The van der Waals surface area contributed by atoms with E-state index in [4.69, 9.17) is 4.74 Å². The number of nitrogens with one attached hydrogen (secondary N) is 1. The normalized spacial score (nSPS) is 12.6. The summed E-state index contributed by atoms with van der Waals surface area (Å²) in [7, 11) is -3.50. The van der Waals surface area contributed by atoms with E-state index in [1.54, 1.807) is 26.0 Å². The van der Waals surface area contributed by atoms with Gasteiger partial charge in [0.05, 0.1) is 10.9 Å². The van der Waals surface area contributed by atoms with Crippen LogP contribution in [0.1, 0.15) is 32.4 Å². The Balaban J connectivity index is 1.92. The van der Waals surface area contributed by atoms with Gasteiger partial charge < -0.3 is 10.1 Å². The molecule has 7 heteroatoms. The first-order valence-electron chi connectivity index (χ1n) is 8.95. The minimum atomic E-state index is -3.50. The Morgan fingerprint density at radius 3 is 2.19 bits per heavy atom. The largest absolute Gasteiger partial charge is 0.484 e. The van der Waals surface area contributed by atoms with Gasteiger partial charge in [-0.2, -0.15) is 4.31 Å². The molecule has 2 aromatic carbocycles. The lowest BCUT2D eigenvalue weighted by molar-refractivity contribution is -0.123. The number of sulfonamides is 1. The second-order valence-corrected chi connectivity index (χ2v) is 7.99. The molecule has 146 valence electrons. The smallest absolute Gasteiger partial charge is 0.258 e. The fourth-order valence-electron chi connectivity index (χ4n) is 2.68. The van der Waals surface area contributed by atoms with Crippen LogP contribution in [0.15, 0.2) is 59.5 Å². The van der Waals surface area contributed by atoms with Gasteiger partial charge in [0, 0.05) is 13.1 Å². The van der Waals surface area contributed by atoms with Crippen LogP contribution in [0.4, 0.5) is 0 Å². The van der Waals surface area contributed by atoms with Crippen LogP contribution in [0.3, 0.4) is 0 Å². The second kappa shape index (κ2) is 9.53. The third-order valence-corrected chi connectivity index (χ3v) is 6.28. The number of hydrogen-bond donors (Lipinski definition) is 1. The number of amides is 1. The van der Waals surface area contributed by atoms with Crippen molar-refractivity contribution < 1.29 is 17.9 Å². The first kappa shape index (κ1) is 20.9. The van der Waals surface area contributed by atoms with E-state index >= 15 is 0 Å². The minimum Gasteiger partial charge on any atom is -0.484 e. The molecule has 0 bridgehead atoms. The topological polar surface area (TPSA) is 75.7 Å². The number of ether oxygens (including phenoxy) is 1. The number of carbonyl (C=O) groups excluding carboxylic acids is 1. The zero-order chi connectivity index (χ0) is 19.9. The molecule has 0 aliphatic rings. The van der Waals surface area contributed by atoms with Crippen LogP contribution in [0, 0.1) is 0 Å². The lowest BCUT2D eigenvalue weighted by Gasteiger charge is -2.18.